The standard InChI is InChI=1S/C22H22N2O2S/c1-15(16-8-9-16)24(18-10-12-19(26-2)13-11-18)22(25)20-14-27-21(23-20)17-6-4-3-5-7-17/h3-7,10-16H,8-9H2,1-2H3. The maximum atomic E-state index is 13.4. The summed E-state index contributed by atoms with van der Waals surface area (Å²) in [6.45, 7) is 2.13. The van der Waals surface area contributed by atoms with Gasteiger partial charge in [-0.3, -0.25) is 4.79 Å². The Bertz CT molecular complexity index is 917. The van der Waals surface area contributed by atoms with Crippen LogP contribution in [0.4, 0.5) is 5.69 Å². The van der Waals surface area contributed by atoms with Crippen molar-refractivity contribution in [3.8, 4) is 16.3 Å². The topological polar surface area (TPSA) is 42.4 Å². The number of benzene rings is 2. The highest BCUT2D eigenvalue weighted by atomic mass is 32.1. The number of hydrogen-bond acceptors (Lipinski definition) is 4. The number of nitrogens with zero attached hydrogens (tertiary/aromatic N) is 2. The van der Waals surface area contributed by atoms with Crippen molar-refractivity contribution < 1.29 is 9.53 Å². The molecule has 1 amide bonds. The van der Waals surface area contributed by atoms with E-state index in [-0.39, 0.29) is 11.9 Å². The van der Waals surface area contributed by atoms with Gasteiger partial charge in [0, 0.05) is 22.7 Å². The second-order valence-corrected chi connectivity index (χ2v) is 7.71. The number of carbonyl (C=O) groups is 1. The van der Waals surface area contributed by atoms with Gasteiger partial charge in [0.15, 0.2) is 0 Å². The van der Waals surface area contributed by atoms with Gasteiger partial charge in [-0.2, -0.15) is 0 Å². The van der Waals surface area contributed by atoms with Crippen molar-refractivity contribution >= 4 is 22.9 Å². The van der Waals surface area contributed by atoms with Crippen LogP contribution in [0.3, 0.4) is 0 Å². The third kappa shape index (κ3) is 3.74. The Hall–Kier alpha value is -2.66. The average Bonchev–Trinajstić information content (AvgIpc) is 3.45. The van der Waals surface area contributed by atoms with E-state index in [2.05, 4.69) is 11.9 Å². The van der Waals surface area contributed by atoms with E-state index in [1.54, 1.807) is 7.11 Å². The number of rotatable bonds is 6. The lowest BCUT2D eigenvalue weighted by Crippen LogP contribution is -2.40. The zero-order valence-corrected chi connectivity index (χ0v) is 16.3. The summed E-state index contributed by atoms with van der Waals surface area (Å²) in [5, 5.41) is 2.73. The van der Waals surface area contributed by atoms with Crippen LogP contribution < -0.4 is 9.64 Å². The minimum absolute atomic E-state index is 0.0435. The van der Waals surface area contributed by atoms with Crippen molar-refractivity contribution in [2.24, 2.45) is 5.92 Å². The lowest BCUT2D eigenvalue weighted by Gasteiger charge is -2.29. The molecule has 1 fully saturated rings. The van der Waals surface area contributed by atoms with Gasteiger partial charge in [0.05, 0.1) is 7.11 Å². The molecule has 2 aromatic carbocycles. The molecular weight excluding hydrogens is 356 g/mol. The molecule has 1 atom stereocenters. The van der Waals surface area contributed by atoms with Crippen LogP contribution in [0.25, 0.3) is 10.6 Å². The molecule has 1 saturated carbocycles. The fourth-order valence-electron chi connectivity index (χ4n) is 3.28. The highest BCUT2D eigenvalue weighted by Gasteiger charge is 2.36. The van der Waals surface area contributed by atoms with Crippen molar-refractivity contribution in [1.82, 2.24) is 4.98 Å². The van der Waals surface area contributed by atoms with Crippen molar-refractivity contribution in [2.45, 2.75) is 25.8 Å². The maximum absolute atomic E-state index is 13.4. The first-order chi connectivity index (χ1) is 13.2. The number of thiazole rings is 1. The van der Waals surface area contributed by atoms with Gasteiger partial charge in [0.25, 0.3) is 5.91 Å². The third-order valence-electron chi connectivity index (χ3n) is 5.02. The summed E-state index contributed by atoms with van der Waals surface area (Å²) in [6, 6.07) is 17.8. The largest absolute Gasteiger partial charge is 0.497 e. The first-order valence-electron chi connectivity index (χ1n) is 9.16. The maximum Gasteiger partial charge on any atom is 0.278 e. The molecule has 0 saturated heterocycles. The fraction of sp³-hybridized carbons (Fsp3) is 0.273. The summed E-state index contributed by atoms with van der Waals surface area (Å²) in [4.78, 5) is 19.9. The monoisotopic (exact) mass is 378 g/mol. The number of methoxy groups -OCH3 is 1. The van der Waals surface area contributed by atoms with Crippen molar-refractivity contribution in [2.75, 3.05) is 12.0 Å². The Balaban J connectivity index is 1.65. The van der Waals surface area contributed by atoms with E-state index in [0.29, 0.717) is 11.6 Å². The number of aromatic nitrogens is 1. The molecule has 0 radical (unpaired) electrons. The van der Waals surface area contributed by atoms with Gasteiger partial charge in [0.2, 0.25) is 0 Å². The van der Waals surface area contributed by atoms with E-state index >= 15 is 0 Å². The smallest absolute Gasteiger partial charge is 0.278 e. The predicted molar refractivity (Wildman–Crippen MR) is 110 cm³/mol. The molecule has 27 heavy (non-hydrogen) atoms. The van der Waals surface area contributed by atoms with Crippen molar-refractivity contribution in [1.29, 1.82) is 0 Å². The molecule has 0 N–H and O–H groups in total. The van der Waals surface area contributed by atoms with Crippen LogP contribution in [0.1, 0.15) is 30.3 Å². The first-order valence-corrected chi connectivity index (χ1v) is 10.0. The zero-order valence-electron chi connectivity index (χ0n) is 15.5. The van der Waals surface area contributed by atoms with Crippen LogP contribution in [-0.4, -0.2) is 24.0 Å². The second kappa shape index (κ2) is 7.53. The Morgan fingerprint density at radius 2 is 1.85 bits per heavy atom. The molecule has 138 valence electrons. The number of hydrogen-bond donors (Lipinski definition) is 0. The van der Waals surface area contributed by atoms with Gasteiger partial charge >= 0.3 is 0 Å². The van der Waals surface area contributed by atoms with Crippen LogP contribution in [0.2, 0.25) is 0 Å². The number of amides is 1. The Morgan fingerprint density at radius 1 is 1.15 bits per heavy atom. The Labute approximate surface area is 163 Å². The third-order valence-corrected chi connectivity index (χ3v) is 5.92. The van der Waals surface area contributed by atoms with Crippen LogP contribution in [0.15, 0.2) is 60.0 Å². The molecule has 1 unspecified atom stereocenters. The summed E-state index contributed by atoms with van der Waals surface area (Å²) in [5.41, 5.74) is 2.42. The molecule has 1 aliphatic rings. The van der Waals surface area contributed by atoms with Crippen LogP contribution in [0, 0.1) is 5.92 Å². The molecule has 3 aromatic rings. The molecule has 1 heterocycles. The summed E-state index contributed by atoms with van der Waals surface area (Å²) >= 11 is 1.51. The highest BCUT2D eigenvalue weighted by molar-refractivity contribution is 7.13. The van der Waals surface area contributed by atoms with Gasteiger partial charge in [-0.1, -0.05) is 30.3 Å². The van der Waals surface area contributed by atoms with Crippen LogP contribution >= 0.6 is 11.3 Å². The minimum atomic E-state index is -0.0435. The van der Waals surface area contributed by atoms with E-state index in [9.17, 15) is 4.79 Å². The van der Waals surface area contributed by atoms with Gasteiger partial charge < -0.3 is 9.64 Å². The van der Waals surface area contributed by atoms with Crippen molar-refractivity contribution in [3.05, 3.63) is 65.7 Å². The molecule has 4 nitrogen and oxygen atoms in total. The van der Waals surface area contributed by atoms with E-state index in [0.717, 1.165) is 22.0 Å². The number of anilines is 1. The van der Waals surface area contributed by atoms with Crippen LogP contribution in [-0.2, 0) is 0 Å². The number of ether oxygens (including phenoxy) is 1. The van der Waals surface area contributed by atoms with Crippen molar-refractivity contribution in [3.63, 3.8) is 0 Å². The van der Waals surface area contributed by atoms with Gasteiger partial charge in [-0.25, -0.2) is 4.98 Å². The molecule has 0 spiro atoms. The molecule has 4 rings (SSSR count). The Kier molecular flexibility index (Phi) is 4.94. The van der Waals surface area contributed by atoms with E-state index in [1.165, 1.54) is 24.2 Å². The zero-order chi connectivity index (χ0) is 18.8. The average molecular weight is 378 g/mol. The summed E-state index contributed by atoms with van der Waals surface area (Å²) in [5.74, 6) is 1.30. The Morgan fingerprint density at radius 3 is 2.48 bits per heavy atom. The lowest BCUT2D eigenvalue weighted by atomic mass is 10.1. The summed E-state index contributed by atoms with van der Waals surface area (Å²) in [6.07, 6.45) is 2.35. The van der Waals surface area contributed by atoms with E-state index in [4.69, 9.17) is 4.74 Å². The normalized spacial score (nSPS) is 14.6. The predicted octanol–water partition coefficient (Wildman–Crippen LogP) is 5.26. The van der Waals surface area contributed by atoms with E-state index in [1.807, 2.05) is 64.9 Å². The molecule has 0 aliphatic heterocycles. The summed E-state index contributed by atoms with van der Waals surface area (Å²) < 4.78 is 5.25. The molecular formula is C22H22N2O2S. The lowest BCUT2D eigenvalue weighted by molar-refractivity contribution is 0.0971. The second-order valence-electron chi connectivity index (χ2n) is 6.86. The fourth-order valence-corrected chi connectivity index (χ4v) is 4.08. The molecule has 1 aliphatic carbocycles. The molecule has 1 aromatic heterocycles. The quantitative estimate of drug-likeness (QED) is 0.587. The highest BCUT2D eigenvalue weighted by Crippen LogP contribution is 2.38. The van der Waals surface area contributed by atoms with Gasteiger partial charge in [0.1, 0.15) is 16.5 Å². The SMILES string of the molecule is COc1ccc(N(C(=O)c2csc(-c3ccccc3)n2)C(C)C2CC2)cc1. The van der Waals surface area contributed by atoms with E-state index < -0.39 is 0 Å². The molecule has 5 heteroatoms. The van der Waals surface area contributed by atoms with Crippen LogP contribution in [0.5, 0.6) is 5.75 Å². The van der Waals surface area contributed by atoms with Gasteiger partial charge in [-0.05, 0) is 49.9 Å². The minimum Gasteiger partial charge on any atom is -0.497 e. The summed E-state index contributed by atoms with van der Waals surface area (Å²) in [7, 11) is 1.64. The van der Waals surface area contributed by atoms with Gasteiger partial charge in [-0.15, -0.1) is 11.3 Å². The molecule has 0 bridgehead atoms. The first kappa shape index (κ1) is 17.7. The number of carbonyl (C=O) groups excluding carboxylic acids is 1.